The second kappa shape index (κ2) is 4.86. The van der Waals surface area contributed by atoms with Crippen molar-refractivity contribution in [2.24, 2.45) is 5.73 Å². The molecule has 0 fully saturated rings. The fourth-order valence-corrected chi connectivity index (χ4v) is 2.44. The number of halogens is 1. The van der Waals surface area contributed by atoms with Crippen LogP contribution in [0, 0.1) is 5.82 Å². The summed E-state index contributed by atoms with van der Waals surface area (Å²) in [7, 11) is 0. The molecule has 0 spiro atoms. The molecule has 2 aromatic carbocycles. The van der Waals surface area contributed by atoms with Crippen LogP contribution in [0.4, 0.5) is 4.39 Å². The minimum atomic E-state index is -0.205. The van der Waals surface area contributed by atoms with E-state index in [4.69, 9.17) is 5.73 Å². The van der Waals surface area contributed by atoms with Crippen molar-refractivity contribution < 1.29 is 4.39 Å². The summed E-state index contributed by atoms with van der Waals surface area (Å²) >= 11 is 0. The van der Waals surface area contributed by atoms with E-state index in [0.29, 0.717) is 13.1 Å². The van der Waals surface area contributed by atoms with Crippen molar-refractivity contribution in [1.82, 2.24) is 4.57 Å². The summed E-state index contributed by atoms with van der Waals surface area (Å²) in [6, 6.07) is 16.9. The number of hydrogen-bond acceptors (Lipinski definition) is 1. The summed E-state index contributed by atoms with van der Waals surface area (Å²) in [4.78, 5) is 0. The molecule has 3 rings (SSSR count). The van der Waals surface area contributed by atoms with Crippen LogP contribution in [0.15, 0.2) is 54.6 Å². The third-order valence-electron chi connectivity index (χ3n) is 3.34. The quantitative estimate of drug-likeness (QED) is 0.764. The smallest absolute Gasteiger partial charge is 0.123 e. The lowest BCUT2D eigenvalue weighted by Gasteiger charge is -2.10. The number of fused-ring (bicyclic) bond motifs is 1. The average molecular weight is 254 g/mol. The molecule has 2 nitrogen and oxygen atoms in total. The number of nitrogens with two attached hydrogens (primary N) is 1. The standard InChI is InChI=1S/C16H15FN2/c17-14-6-3-4-12(8-14)11-19-15(10-18)9-13-5-1-2-7-16(13)19/h1-9H,10-11,18H2. The van der Waals surface area contributed by atoms with Gasteiger partial charge in [0.2, 0.25) is 0 Å². The third-order valence-corrected chi connectivity index (χ3v) is 3.34. The van der Waals surface area contributed by atoms with Crippen molar-refractivity contribution in [3.63, 3.8) is 0 Å². The van der Waals surface area contributed by atoms with Crippen LogP contribution in [0.2, 0.25) is 0 Å². The van der Waals surface area contributed by atoms with Crippen molar-refractivity contribution in [3.8, 4) is 0 Å². The highest BCUT2D eigenvalue weighted by Gasteiger charge is 2.07. The van der Waals surface area contributed by atoms with Gasteiger partial charge in [-0.15, -0.1) is 0 Å². The second-order valence-corrected chi connectivity index (χ2v) is 4.61. The summed E-state index contributed by atoms with van der Waals surface area (Å²) in [5.41, 5.74) is 8.94. The lowest BCUT2D eigenvalue weighted by atomic mass is 10.2. The van der Waals surface area contributed by atoms with Crippen LogP contribution in [0.3, 0.4) is 0 Å². The van der Waals surface area contributed by atoms with Gasteiger partial charge in [0.05, 0.1) is 0 Å². The van der Waals surface area contributed by atoms with E-state index in [1.54, 1.807) is 12.1 Å². The van der Waals surface area contributed by atoms with Crippen LogP contribution in [0.25, 0.3) is 10.9 Å². The summed E-state index contributed by atoms with van der Waals surface area (Å²) in [5, 5.41) is 1.17. The monoisotopic (exact) mass is 254 g/mol. The Morgan fingerprint density at radius 1 is 1.00 bits per heavy atom. The SMILES string of the molecule is NCc1cc2ccccc2n1Cc1cccc(F)c1. The molecule has 96 valence electrons. The molecule has 0 radical (unpaired) electrons. The Bertz CT molecular complexity index is 716. The molecule has 3 heteroatoms. The van der Waals surface area contributed by atoms with E-state index in [0.717, 1.165) is 16.8 Å². The van der Waals surface area contributed by atoms with Gasteiger partial charge in [-0.1, -0.05) is 30.3 Å². The van der Waals surface area contributed by atoms with E-state index in [-0.39, 0.29) is 5.82 Å². The summed E-state index contributed by atoms with van der Waals surface area (Å²) in [6.45, 7) is 1.11. The van der Waals surface area contributed by atoms with Crippen LogP contribution in [0.5, 0.6) is 0 Å². The van der Waals surface area contributed by atoms with E-state index >= 15 is 0 Å². The number of para-hydroxylation sites is 1. The van der Waals surface area contributed by atoms with Gasteiger partial charge in [-0.2, -0.15) is 0 Å². The lowest BCUT2D eigenvalue weighted by Crippen LogP contribution is -2.08. The fourth-order valence-electron chi connectivity index (χ4n) is 2.44. The molecule has 19 heavy (non-hydrogen) atoms. The normalized spacial score (nSPS) is 11.1. The minimum Gasteiger partial charge on any atom is -0.339 e. The number of aromatic nitrogens is 1. The molecule has 0 saturated heterocycles. The Labute approximate surface area is 111 Å². The summed E-state index contributed by atoms with van der Waals surface area (Å²) < 4.78 is 15.4. The molecular formula is C16H15FN2. The molecule has 0 atom stereocenters. The van der Waals surface area contributed by atoms with Gasteiger partial charge >= 0.3 is 0 Å². The summed E-state index contributed by atoms with van der Waals surface area (Å²) in [5.74, 6) is -0.205. The van der Waals surface area contributed by atoms with Gasteiger partial charge in [0, 0.05) is 24.3 Å². The van der Waals surface area contributed by atoms with E-state index < -0.39 is 0 Å². The van der Waals surface area contributed by atoms with Gasteiger partial charge in [0.25, 0.3) is 0 Å². The Morgan fingerprint density at radius 3 is 2.63 bits per heavy atom. The van der Waals surface area contributed by atoms with Crippen molar-refractivity contribution in [2.45, 2.75) is 13.1 Å². The van der Waals surface area contributed by atoms with Gasteiger partial charge in [0.1, 0.15) is 5.82 Å². The van der Waals surface area contributed by atoms with Gasteiger partial charge in [0.15, 0.2) is 0 Å². The number of benzene rings is 2. The first-order chi connectivity index (χ1) is 9.28. The predicted molar refractivity (Wildman–Crippen MR) is 75.3 cm³/mol. The fraction of sp³-hybridized carbons (Fsp3) is 0.125. The van der Waals surface area contributed by atoms with E-state index in [9.17, 15) is 4.39 Å². The zero-order valence-corrected chi connectivity index (χ0v) is 10.5. The molecular weight excluding hydrogens is 239 g/mol. The van der Waals surface area contributed by atoms with Crippen molar-refractivity contribution in [2.75, 3.05) is 0 Å². The highest BCUT2D eigenvalue weighted by molar-refractivity contribution is 5.81. The van der Waals surface area contributed by atoms with Crippen LogP contribution in [0.1, 0.15) is 11.3 Å². The maximum atomic E-state index is 13.3. The topological polar surface area (TPSA) is 30.9 Å². The maximum Gasteiger partial charge on any atom is 0.123 e. The maximum absolute atomic E-state index is 13.3. The molecule has 0 aliphatic rings. The Hall–Kier alpha value is -2.13. The van der Waals surface area contributed by atoms with Gasteiger partial charge < -0.3 is 10.3 Å². The predicted octanol–water partition coefficient (Wildman–Crippen LogP) is 3.29. The van der Waals surface area contributed by atoms with Crippen LogP contribution < -0.4 is 5.73 Å². The van der Waals surface area contributed by atoms with Crippen LogP contribution >= 0.6 is 0 Å². The Balaban J connectivity index is 2.08. The molecule has 0 saturated carbocycles. The first-order valence-corrected chi connectivity index (χ1v) is 6.29. The van der Waals surface area contributed by atoms with E-state index in [1.165, 1.54) is 11.5 Å². The highest BCUT2D eigenvalue weighted by atomic mass is 19.1. The second-order valence-electron chi connectivity index (χ2n) is 4.61. The first-order valence-electron chi connectivity index (χ1n) is 6.29. The molecule has 0 aliphatic carbocycles. The average Bonchev–Trinajstić information content (AvgIpc) is 2.77. The number of nitrogens with zero attached hydrogens (tertiary/aromatic N) is 1. The number of hydrogen-bond donors (Lipinski definition) is 1. The molecule has 0 bridgehead atoms. The van der Waals surface area contributed by atoms with Crippen molar-refractivity contribution in [3.05, 3.63) is 71.7 Å². The Kier molecular flexibility index (Phi) is 3.05. The first kappa shape index (κ1) is 11.9. The molecule has 0 aliphatic heterocycles. The molecule has 0 unspecified atom stereocenters. The number of rotatable bonds is 3. The molecule has 1 heterocycles. The van der Waals surface area contributed by atoms with Gasteiger partial charge in [-0.25, -0.2) is 4.39 Å². The molecule has 0 amide bonds. The van der Waals surface area contributed by atoms with E-state index in [1.807, 2.05) is 18.2 Å². The zero-order chi connectivity index (χ0) is 13.2. The van der Waals surface area contributed by atoms with Gasteiger partial charge in [-0.05, 0) is 35.2 Å². The van der Waals surface area contributed by atoms with Crippen LogP contribution in [-0.2, 0) is 13.1 Å². The highest BCUT2D eigenvalue weighted by Crippen LogP contribution is 2.21. The van der Waals surface area contributed by atoms with E-state index in [2.05, 4.69) is 22.8 Å². The Morgan fingerprint density at radius 2 is 1.84 bits per heavy atom. The molecule has 1 aromatic heterocycles. The molecule has 2 N–H and O–H groups in total. The van der Waals surface area contributed by atoms with Crippen molar-refractivity contribution in [1.29, 1.82) is 0 Å². The summed E-state index contributed by atoms with van der Waals surface area (Å²) in [6.07, 6.45) is 0. The van der Waals surface area contributed by atoms with Gasteiger partial charge in [-0.3, -0.25) is 0 Å². The third kappa shape index (κ3) is 2.25. The largest absolute Gasteiger partial charge is 0.339 e. The lowest BCUT2D eigenvalue weighted by molar-refractivity contribution is 0.623. The molecule has 3 aromatic rings. The van der Waals surface area contributed by atoms with Crippen LogP contribution in [-0.4, -0.2) is 4.57 Å². The van der Waals surface area contributed by atoms with Crippen molar-refractivity contribution >= 4 is 10.9 Å². The zero-order valence-electron chi connectivity index (χ0n) is 10.5. The minimum absolute atomic E-state index is 0.205.